The third kappa shape index (κ3) is 10.5. The zero-order valence-corrected chi connectivity index (χ0v) is 21.1. The number of fused-ring (bicyclic) bond motifs is 1. The molecule has 7 nitrogen and oxygen atoms in total. The maximum absolute atomic E-state index is 11.6. The van der Waals surface area contributed by atoms with E-state index in [9.17, 15) is 4.79 Å². The lowest BCUT2D eigenvalue weighted by Crippen LogP contribution is -2.40. The number of hydrogen-bond acceptors (Lipinski definition) is 4. The predicted molar refractivity (Wildman–Crippen MR) is 134 cm³/mol. The Morgan fingerprint density at radius 2 is 1.70 bits per heavy atom. The Hall–Kier alpha value is -1.55. The molecule has 0 aromatic heterocycles. The van der Waals surface area contributed by atoms with Crippen LogP contribution in [-0.4, -0.2) is 62.3 Å². The van der Waals surface area contributed by atoms with Gasteiger partial charge in [-0.25, -0.2) is 4.79 Å². The smallest absolute Gasteiger partial charge is 0.407 e. The molecule has 1 aliphatic heterocycles. The molecule has 1 aromatic rings. The van der Waals surface area contributed by atoms with Crippen LogP contribution in [0.1, 0.15) is 44.7 Å². The zero-order valence-electron chi connectivity index (χ0n) is 18.8. The van der Waals surface area contributed by atoms with Crippen LogP contribution < -0.4 is 16.0 Å². The van der Waals surface area contributed by atoms with Crippen molar-refractivity contribution in [3.63, 3.8) is 0 Å². The lowest BCUT2D eigenvalue weighted by atomic mass is 10.00. The summed E-state index contributed by atoms with van der Waals surface area (Å²) in [5.74, 6) is 0.797. The molecule has 2 rings (SSSR count). The molecule has 0 radical (unpaired) electrons. The van der Waals surface area contributed by atoms with Crippen molar-refractivity contribution in [2.45, 2.75) is 52.2 Å². The molecular weight excluding hydrogens is 493 g/mol. The second-order valence-electron chi connectivity index (χ2n) is 8.36. The molecule has 0 saturated carbocycles. The first-order chi connectivity index (χ1) is 13.9. The average molecular weight is 531 g/mol. The Labute approximate surface area is 198 Å². The molecular formula is C22H38IN5O2. The van der Waals surface area contributed by atoms with E-state index in [0.717, 1.165) is 57.9 Å². The van der Waals surface area contributed by atoms with Crippen molar-refractivity contribution in [3.8, 4) is 0 Å². The number of alkyl carbamates (subject to hydrolysis) is 1. The number of ether oxygens (including phenoxy) is 1. The van der Waals surface area contributed by atoms with Crippen LogP contribution in [0.2, 0.25) is 0 Å². The summed E-state index contributed by atoms with van der Waals surface area (Å²) >= 11 is 0. The van der Waals surface area contributed by atoms with Crippen molar-refractivity contribution in [1.82, 2.24) is 20.9 Å². The first kappa shape index (κ1) is 26.5. The van der Waals surface area contributed by atoms with Crippen LogP contribution in [0.25, 0.3) is 0 Å². The number of benzene rings is 1. The number of aliphatic imine (C=N–C) groups is 1. The number of guanidine groups is 1. The van der Waals surface area contributed by atoms with Crippen molar-refractivity contribution >= 4 is 36.0 Å². The van der Waals surface area contributed by atoms with Gasteiger partial charge in [0.2, 0.25) is 0 Å². The van der Waals surface area contributed by atoms with Crippen molar-refractivity contribution < 1.29 is 9.53 Å². The van der Waals surface area contributed by atoms with E-state index in [-0.39, 0.29) is 30.1 Å². The maximum Gasteiger partial charge on any atom is 0.407 e. The van der Waals surface area contributed by atoms with E-state index in [1.54, 1.807) is 7.05 Å². The molecule has 1 aromatic carbocycles. The molecule has 8 heteroatoms. The third-order valence-corrected chi connectivity index (χ3v) is 4.69. The number of hydrogen-bond donors (Lipinski definition) is 3. The van der Waals surface area contributed by atoms with Crippen molar-refractivity contribution in [2.75, 3.05) is 39.8 Å². The van der Waals surface area contributed by atoms with Crippen LogP contribution in [0, 0.1) is 0 Å². The third-order valence-electron chi connectivity index (χ3n) is 4.69. The summed E-state index contributed by atoms with van der Waals surface area (Å²) in [6.07, 6.45) is 2.64. The van der Waals surface area contributed by atoms with Gasteiger partial charge in [0.25, 0.3) is 0 Å². The first-order valence-electron chi connectivity index (χ1n) is 10.6. The largest absolute Gasteiger partial charge is 0.444 e. The molecule has 0 bridgehead atoms. The van der Waals surface area contributed by atoms with Gasteiger partial charge in [-0.15, -0.1) is 24.0 Å². The lowest BCUT2D eigenvalue weighted by molar-refractivity contribution is 0.0527. The fourth-order valence-electron chi connectivity index (χ4n) is 3.27. The summed E-state index contributed by atoms with van der Waals surface area (Å²) in [6, 6.07) is 8.74. The number of rotatable bonds is 8. The van der Waals surface area contributed by atoms with E-state index in [4.69, 9.17) is 4.74 Å². The zero-order chi connectivity index (χ0) is 21.1. The minimum atomic E-state index is -0.466. The standard InChI is InChI=1S/C22H37N5O2.HI/c1-22(2,3)29-21(28)26-13-7-12-24-20(23-4)25-14-8-15-27-16-11-18-9-5-6-10-19(18)17-27;/h5-6,9-10H,7-8,11-17H2,1-4H3,(H,26,28)(H2,23,24,25);1H. The van der Waals surface area contributed by atoms with E-state index < -0.39 is 5.60 Å². The van der Waals surface area contributed by atoms with Gasteiger partial charge in [0.15, 0.2) is 5.96 Å². The summed E-state index contributed by atoms with van der Waals surface area (Å²) in [5.41, 5.74) is 2.49. The van der Waals surface area contributed by atoms with Crippen molar-refractivity contribution in [2.24, 2.45) is 4.99 Å². The average Bonchev–Trinajstić information content (AvgIpc) is 2.67. The maximum atomic E-state index is 11.6. The van der Waals surface area contributed by atoms with E-state index in [1.165, 1.54) is 11.1 Å². The Balaban J connectivity index is 0.00000450. The second-order valence-corrected chi connectivity index (χ2v) is 8.36. The van der Waals surface area contributed by atoms with Gasteiger partial charge >= 0.3 is 6.09 Å². The van der Waals surface area contributed by atoms with Gasteiger partial charge in [0.1, 0.15) is 5.60 Å². The fourth-order valence-corrected chi connectivity index (χ4v) is 3.27. The van der Waals surface area contributed by atoms with Gasteiger partial charge in [0, 0.05) is 46.3 Å². The van der Waals surface area contributed by atoms with Gasteiger partial charge < -0.3 is 20.7 Å². The highest BCUT2D eigenvalue weighted by molar-refractivity contribution is 14.0. The molecule has 0 unspecified atom stereocenters. The number of nitrogens with zero attached hydrogens (tertiary/aromatic N) is 2. The second kappa shape index (κ2) is 13.7. The fraction of sp³-hybridized carbons (Fsp3) is 0.636. The summed E-state index contributed by atoms with van der Waals surface area (Å²) in [5, 5.41) is 9.39. The molecule has 1 amide bonds. The number of nitrogens with one attached hydrogen (secondary N) is 3. The number of amides is 1. The minimum absolute atomic E-state index is 0. The number of carbonyl (C=O) groups is 1. The molecule has 170 valence electrons. The molecule has 30 heavy (non-hydrogen) atoms. The minimum Gasteiger partial charge on any atom is -0.444 e. The van der Waals surface area contributed by atoms with Crippen LogP contribution in [0.5, 0.6) is 0 Å². The SMILES string of the molecule is CN=C(NCCCNC(=O)OC(C)(C)C)NCCCN1CCc2ccccc2C1.I. The molecule has 0 spiro atoms. The van der Waals surface area contributed by atoms with Crippen LogP contribution in [0.4, 0.5) is 4.79 Å². The molecule has 0 atom stereocenters. The van der Waals surface area contributed by atoms with Crippen LogP contribution >= 0.6 is 24.0 Å². The van der Waals surface area contributed by atoms with Gasteiger partial charge in [-0.1, -0.05) is 24.3 Å². The quantitative estimate of drug-likeness (QED) is 0.208. The molecule has 0 aliphatic carbocycles. The highest BCUT2D eigenvalue weighted by Gasteiger charge is 2.16. The Morgan fingerprint density at radius 3 is 2.37 bits per heavy atom. The molecule has 1 aliphatic rings. The highest BCUT2D eigenvalue weighted by atomic mass is 127. The predicted octanol–water partition coefficient (Wildman–Crippen LogP) is 3.13. The van der Waals surface area contributed by atoms with Gasteiger partial charge in [-0.2, -0.15) is 0 Å². The van der Waals surface area contributed by atoms with Gasteiger partial charge in [-0.3, -0.25) is 9.89 Å². The summed E-state index contributed by atoms with van der Waals surface area (Å²) in [4.78, 5) is 18.4. The Morgan fingerprint density at radius 1 is 1.07 bits per heavy atom. The van der Waals surface area contributed by atoms with Crippen molar-refractivity contribution in [3.05, 3.63) is 35.4 Å². The summed E-state index contributed by atoms with van der Waals surface area (Å²) in [7, 11) is 1.77. The molecule has 3 N–H and O–H groups in total. The van der Waals surface area contributed by atoms with E-state index in [2.05, 4.69) is 50.1 Å². The van der Waals surface area contributed by atoms with Crippen LogP contribution in [0.3, 0.4) is 0 Å². The normalized spacial score (nSPS) is 14.3. The summed E-state index contributed by atoms with van der Waals surface area (Å²) < 4.78 is 5.21. The molecule has 1 heterocycles. The van der Waals surface area contributed by atoms with Crippen LogP contribution in [-0.2, 0) is 17.7 Å². The Bertz CT molecular complexity index is 676. The van der Waals surface area contributed by atoms with E-state index in [0.29, 0.717) is 6.54 Å². The van der Waals surface area contributed by atoms with E-state index in [1.807, 2.05) is 20.8 Å². The number of carbonyl (C=O) groups excluding carboxylic acids is 1. The van der Waals surface area contributed by atoms with Crippen LogP contribution in [0.15, 0.2) is 29.3 Å². The molecule has 0 fully saturated rings. The monoisotopic (exact) mass is 531 g/mol. The number of halogens is 1. The first-order valence-corrected chi connectivity index (χ1v) is 10.6. The van der Waals surface area contributed by atoms with Gasteiger partial charge in [0.05, 0.1) is 0 Å². The van der Waals surface area contributed by atoms with E-state index >= 15 is 0 Å². The van der Waals surface area contributed by atoms with Crippen molar-refractivity contribution in [1.29, 1.82) is 0 Å². The Kier molecular flexibility index (Phi) is 12.1. The topological polar surface area (TPSA) is 78.0 Å². The summed E-state index contributed by atoms with van der Waals surface area (Å²) in [6.45, 7) is 11.0. The molecule has 0 saturated heterocycles. The highest BCUT2D eigenvalue weighted by Crippen LogP contribution is 2.18. The lowest BCUT2D eigenvalue weighted by Gasteiger charge is -2.28. The van der Waals surface area contributed by atoms with Gasteiger partial charge in [-0.05, 0) is 51.2 Å².